The van der Waals surface area contributed by atoms with Gasteiger partial charge in [-0.1, -0.05) is 44.5 Å². The molecule has 3 aliphatic heterocycles. The number of pyridine rings is 1. The van der Waals surface area contributed by atoms with Crippen molar-refractivity contribution in [1.29, 1.82) is 0 Å². The van der Waals surface area contributed by atoms with E-state index in [2.05, 4.69) is 77.9 Å². The van der Waals surface area contributed by atoms with Gasteiger partial charge in [-0.25, -0.2) is 9.37 Å². The number of anilines is 3. The van der Waals surface area contributed by atoms with E-state index < -0.39 is 5.82 Å². The molecule has 1 saturated carbocycles. The van der Waals surface area contributed by atoms with Gasteiger partial charge in [-0.2, -0.15) is 4.98 Å². The normalized spacial score (nSPS) is 20.3. The lowest BCUT2D eigenvalue weighted by Crippen LogP contribution is -2.63. The van der Waals surface area contributed by atoms with Crippen molar-refractivity contribution in [2.24, 2.45) is 11.3 Å². The van der Waals surface area contributed by atoms with E-state index in [4.69, 9.17) is 19.9 Å². The smallest absolute Gasteiger partial charge is 0.265 e. The Morgan fingerprint density at radius 1 is 1.05 bits per heavy atom. The molecule has 0 bridgehead atoms. The van der Waals surface area contributed by atoms with Crippen LogP contribution in [-0.4, -0.2) is 89.8 Å². The molecule has 6 N–H and O–H groups in total. The van der Waals surface area contributed by atoms with Crippen molar-refractivity contribution < 1.29 is 23.4 Å². The minimum atomic E-state index is -0.465. The molecule has 6 heterocycles. The van der Waals surface area contributed by atoms with Gasteiger partial charge in [-0.3, -0.25) is 14.4 Å². The molecule has 13 nitrogen and oxygen atoms in total. The van der Waals surface area contributed by atoms with E-state index in [-0.39, 0.29) is 22.9 Å². The van der Waals surface area contributed by atoms with E-state index in [1.54, 1.807) is 24.0 Å². The number of carbonyl (C=O) groups is 1. The zero-order valence-electron chi connectivity index (χ0n) is 36.8. The van der Waals surface area contributed by atoms with E-state index in [1.165, 1.54) is 38.1 Å². The fourth-order valence-electron chi connectivity index (χ4n) is 10.7. The largest absolute Gasteiger partial charge is 0.478 e. The lowest BCUT2D eigenvalue weighted by Gasteiger charge is -2.57. The number of carbonyl (C=O) groups excluding carboxylic acids is 1. The number of nitrogen functional groups attached to an aromatic ring is 1. The summed E-state index contributed by atoms with van der Waals surface area (Å²) in [6, 6.07) is 18.8. The van der Waals surface area contributed by atoms with Crippen LogP contribution in [0.2, 0.25) is 0 Å². The van der Waals surface area contributed by atoms with Gasteiger partial charge in [0.05, 0.1) is 46.2 Å². The molecule has 4 aliphatic rings. The van der Waals surface area contributed by atoms with Crippen LogP contribution in [0, 0.1) is 17.2 Å². The molecule has 6 aromatic rings. The average molecular weight is 888 g/mol. The molecule has 336 valence electrons. The third-order valence-electron chi connectivity index (χ3n) is 14.3. The highest BCUT2D eigenvalue weighted by Crippen LogP contribution is 2.49. The topological polar surface area (TPSA) is 159 Å². The second kappa shape index (κ2) is 17.8. The first kappa shape index (κ1) is 42.4. The van der Waals surface area contributed by atoms with Crippen LogP contribution in [-0.2, 0) is 4.74 Å². The molecule has 2 atom stereocenters. The fraction of sp³-hybridized carbons (Fsp3) is 0.449. The third-order valence-corrected chi connectivity index (χ3v) is 15.1. The number of hydrogen-bond acceptors (Lipinski definition) is 11. The van der Waals surface area contributed by atoms with Gasteiger partial charge in [0, 0.05) is 76.0 Å². The number of ether oxygens (including phenoxy) is 3. The quantitative estimate of drug-likeness (QED) is 0.0556. The molecular weight excluding hydrogens is 830 g/mol. The van der Waals surface area contributed by atoms with E-state index >= 15 is 0 Å². The van der Waals surface area contributed by atoms with Gasteiger partial charge < -0.3 is 40.1 Å². The van der Waals surface area contributed by atoms with Crippen LogP contribution in [0.3, 0.4) is 0 Å². The monoisotopic (exact) mass is 887 g/mol. The summed E-state index contributed by atoms with van der Waals surface area (Å²) >= 11 is 1.14. The Labute approximate surface area is 377 Å². The highest BCUT2D eigenvalue weighted by atomic mass is 32.2. The predicted octanol–water partition coefficient (Wildman–Crippen LogP) is 9.60. The second-order valence-electron chi connectivity index (χ2n) is 18.5. The number of fused-ring (bicyclic) bond motifs is 2. The molecule has 3 aromatic heterocycles. The summed E-state index contributed by atoms with van der Waals surface area (Å²) in [5, 5.41) is 3.79. The van der Waals surface area contributed by atoms with Gasteiger partial charge in [-0.05, 0) is 103 Å². The number of aromatic nitrogens is 4. The third kappa shape index (κ3) is 8.22. The Morgan fingerprint density at radius 2 is 1.86 bits per heavy atom. The van der Waals surface area contributed by atoms with Crippen LogP contribution in [0.4, 0.5) is 21.5 Å². The molecule has 10 rings (SSSR count). The summed E-state index contributed by atoms with van der Waals surface area (Å²) in [5.41, 5.74) is 14.4. The maximum absolute atomic E-state index is 14.8. The van der Waals surface area contributed by atoms with Gasteiger partial charge in [-0.15, -0.1) is 0 Å². The number of H-pyrrole nitrogens is 2. The van der Waals surface area contributed by atoms with Gasteiger partial charge in [0.1, 0.15) is 22.7 Å². The van der Waals surface area contributed by atoms with Crippen molar-refractivity contribution in [3.63, 3.8) is 0 Å². The number of imidazole rings is 1. The molecule has 1 aliphatic carbocycles. The van der Waals surface area contributed by atoms with E-state index in [9.17, 15) is 9.18 Å². The second-order valence-corrected chi connectivity index (χ2v) is 19.4. The molecule has 15 heteroatoms. The number of methoxy groups -OCH3 is 1. The molecule has 3 aromatic carbocycles. The Balaban J connectivity index is 0.860. The number of piperidine rings is 1. The summed E-state index contributed by atoms with van der Waals surface area (Å²) < 4.78 is 35.5. The number of hydrogen-bond donors (Lipinski definition) is 5. The highest BCUT2D eigenvalue weighted by Gasteiger charge is 2.49. The highest BCUT2D eigenvalue weighted by molar-refractivity contribution is 7.98. The van der Waals surface area contributed by atoms with E-state index in [1.807, 2.05) is 18.2 Å². The van der Waals surface area contributed by atoms with Crippen LogP contribution < -0.4 is 30.1 Å². The number of halogens is 1. The molecule has 64 heavy (non-hydrogen) atoms. The van der Waals surface area contributed by atoms with Crippen LogP contribution in [0.5, 0.6) is 17.4 Å². The van der Waals surface area contributed by atoms with Crippen LogP contribution >= 0.6 is 11.9 Å². The van der Waals surface area contributed by atoms with Gasteiger partial charge in [0.2, 0.25) is 0 Å². The molecule has 1 spiro atoms. The maximum atomic E-state index is 14.8. The summed E-state index contributed by atoms with van der Waals surface area (Å²) in [7, 11) is 1.48. The van der Waals surface area contributed by atoms with Crippen LogP contribution in [0.1, 0.15) is 92.1 Å². The van der Waals surface area contributed by atoms with Crippen molar-refractivity contribution in [1.82, 2.24) is 29.6 Å². The van der Waals surface area contributed by atoms with Gasteiger partial charge in [0.25, 0.3) is 11.8 Å². The van der Waals surface area contributed by atoms with Crippen molar-refractivity contribution in [3.8, 4) is 17.4 Å². The summed E-state index contributed by atoms with van der Waals surface area (Å²) in [4.78, 5) is 35.2. The summed E-state index contributed by atoms with van der Waals surface area (Å²) in [6.07, 6.45) is 10.9. The van der Waals surface area contributed by atoms with Gasteiger partial charge in [0.15, 0.2) is 5.75 Å². The zero-order valence-corrected chi connectivity index (χ0v) is 37.7. The van der Waals surface area contributed by atoms with Crippen molar-refractivity contribution in [3.05, 3.63) is 89.6 Å². The first-order chi connectivity index (χ1) is 31.2. The van der Waals surface area contributed by atoms with E-state index in [0.29, 0.717) is 62.3 Å². The number of aromatic amines is 2. The average Bonchev–Trinajstić information content (AvgIpc) is 4.08. The Hall–Kier alpha value is -5.51. The predicted molar refractivity (Wildman–Crippen MR) is 251 cm³/mol. The molecule has 1 amide bonds. The number of nitrogens with two attached hydrogens (primary N) is 1. The maximum Gasteiger partial charge on any atom is 0.265 e. The SMILES string of the molecule is COc1nc2[nH]cc(F)c2cc1Oc1cc(N2CCC3(CC2)CN(C2CCCC2c2ccccc2C(C)C)C3)ccc1C(=O)NSc1cc(N)c(NCC2CCOCC2)c2[nH]cnc12. The molecule has 3 saturated heterocycles. The summed E-state index contributed by atoms with van der Waals surface area (Å²) in [6.45, 7) is 11.0. The Bertz CT molecular complexity index is 2650. The number of nitrogens with one attached hydrogen (secondary N) is 4. The first-order valence-corrected chi connectivity index (χ1v) is 23.6. The van der Waals surface area contributed by atoms with Crippen LogP contribution in [0.15, 0.2) is 72.0 Å². The Kier molecular flexibility index (Phi) is 11.8. The number of rotatable bonds is 13. The first-order valence-electron chi connectivity index (χ1n) is 22.8. The zero-order chi connectivity index (χ0) is 44.0. The van der Waals surface area contributed by atoms with Gasteiger partial charge >= 0.3 is 0 Å². The molecule has 4 fully saturated rings. The number of likely N-dealkylation sites (tertiary alicyclic amines) is 1. The van der Waals surface area contributed by atoms with Crippen molar-refractivity contribution in [2.75, 3.05) is 69.0 Å². The number of nitrogens with zero attached hydrogens (tertiary/aromatic N) is 4. The van der Waals surface area contributed by atoms with Crippen LogP contribution in [0.25, 0.3) is 22.1 Å². The lowest BCUT2D eigenvalue weighted by atomic mass is 9.70. The molecular formula is C49H58FN9O4S. The van der Waals surface area contributed by atoms with Crippen molar-refractivity contribution >= 4 is 57.0 Å². The minimum absolute atomic E-state index is 0.161. The minimum Gasteiger partial charge on any atom is -0.478 e. The molecule has 0 radical (unpaired) electrons. The summed E-state index contributed by atoms with van der Waals surface area (Å²) in [5.74, 6) is 1.42. The number of benzene rings is 3. The van der Waals surface area contributed by atoms with Crippen molar-refractivity contribution in [2.45, 2.75) is 81.6 Å². The standard InChI is InChI=1S/C49H58FN9O4S/c1-29(2)32-7-4-5-8-33(32)34-9-6-10-39(34)59-26-49(27-59)15-17-58(18-16-49)31-11-12-35(40(21-31)63-41-22-36-37(50)25-53-46(36)56-48(41)61-3)47(60)57-64-42-23-38(51)43(45-44(42)54-28-55-45)52-24-30-13-19-62-20-14-30/h4-5,7-8,11-12,21-23,25,28-30,34,39,52H,6,9-10,13-20,24,26-27,51H2,1-3H3,(H,53,56)(H,54,55)(H,57,60). The van der Waals surface area contributed by atoms with E-state index in [0.717, 1.165) is 100 Å². The Morgan fingerprint density at radius 3 is 2.66 bits per heavy atom. The lowest BCUT2D eigenvalue weighted by molar-refractivity contribution is -0.0493. The fourth-order valence-corrected chi connectivity index (χ4v) is 11.5. The molecule has 2 unspecified atom stereocenters. The number of amides is 1.